The molecular formula is C7H15NS. The second-order valence-corrected chi connectivity index (χ2v) is 3.97. The predicted molar refractivity (Wildman–Crippen MR) is 44.0 cm³/mol. The topological polar surface area (TPSA) is 12.0 Å². The Morgan fingerprint density at radius 3 is 2.67 bits per heavy atom. The van der Waals surface area contributed by atoms with Crippen molar-refractivity contribution in [1.82, 2.24) is 5.32 Å². The number of nitrogens with one attached hydrogen (secondary N) is 1. The van der Waals surface area contributed by atoms with Crippen LogP contribution in [0.5, 0.6) is 0 Å². The largest absolute Gasteiger partial charge is 0.311 e. The Labute approximate surface area is 61.6 Å². The van der Waals surface area contributed by atoms with Gasteiger partial charge in [0.05, 0.1) is 0 Å². The van der Waals surface area contributed by atoms with Gasteiger partial charge >= 0.3 is 0 Å². The fraction of sp³-hybridized carbons (Fsp3) is 1.00. The van der Waals surface area contributed by atoms with Crippen LogP contribution in [0, 0.1) is 0 Å². The van der Waals surface area contributed by atoms with Gasteiger partial charge in [0.25, 0.3) is 0 Å². The molecule has 0 unspecified atom stereocenters. The monoisotopic (exact) mass is 145 g/mol. The zero-order chi connectivity index (χ0) is 6.74. The fourth-order valence-corrected chi connectivity index (χ4v) is 1.13. The van der Waals surface area contributed by atoms with Gasteiger partial charge in [-0.25, -0.2) is 0 Å². The van der Waals surface area contributed by atoms with Crippen LogP contribution in [0.4, 0.5) is 0 Å². The molecule has 0 spiro atoms. The highest BCUT2D eigenvalue weighted by atomic mass is 32.2. The molecule has 0 aromatic rings. The third-order valence-corrected chi connectivity index (χ3v) is 2.47. The first-order valence-electron chi connectivity index (χ1n) is 3.51. The zero-order valence-corrected chi connectivity index (χ0v) is 7.05. The molecule has 2 heteroatoms. The van der Waals surface area contributed by atoms with Gasteiger partial charge in [-0.05, 0) is 26.0 Å². The van der Waals surface area contributed by atoms with Crippen LogP contribution in [-0.2, 0) is 0 Å². The maximum atomic E-state index is 3.51. The Bertz CT molecular complexity index is 88.9. The van der Waals surface area contributed by atoms with Gasteiger partial charge in [-0.15, -0.1) is 0 Å². The van der Waals surface area contributed by atoms with Crippen LogP contribution >= 0.6 is 11.8 Å². The summed E-state index contributed by atoms with van der Waals surface area (Å²) in [4.78, 5) is 0. The number of hydrogen-bond acceptors (Lipinski definition) is 2. The van der Waals surface area contributed by atoms with Crippen LogP contribution < -0.4 is 5.32 Å². The lowest BCUT2D eigenvalue weighted by atomic mass is 10.3. The molecule has 0 heterocycles. The molecule has 1 rings (SSSR count). The van der Waals surface area contributed by atoms with Crippen LogP contribution in [0.2, 0.25) is 0 Å². The second-order valence-electron chi connectivity index (χ2n) is 2.98. The maximum Gasteiger partial charge on any atom is 0.0155 e. The van der Waals surface area contributed by atoms with Crippen LogP contribution in [0.15, 0.2) is 0 Å². The van der Waals surface area contributed by atoms with E-state index in [-0.39, 0.29) is 0 Å². The van der Waals surface area contributed by atoms with Gasteiger partial charge in [-0.2, -0.15) is 11.8 Å². The maximum absolute atomic E-state index is 3.51. The minimum atomic E-state index is 0.537. The van der Waals surface area contributed by atoms with Crippen molar-refractivity contribution in [1.29, 1.82) is 0 Å². The summed E-state index contributed by atoms with van der Waals surface area (Å²) in [5.74, 6) is 1.25. The smallest absolute Gasteiger partial charge is 0.0155 e. The molecule has 0 aliphatic heterocycles. The molecule has 0 aromatic carbocycles. The van der Waals surface area contributed by atoms with E-state index in [9.17, 15) is 0 Å². The van der Waals surface area contributed by atoms with Crippen molar-refractivity contribution >= 4 is 11.8 Å². The van der Waals surface area contributed by atoms with Gasteiger partial charge in [0.1, 0.15) is 0 Å². The van der Waals surface area contributed by atoms with Crippen molar-refractivity contribution in [2.75, 3.05) is 18.6 Å². The highest BCUT2D eigenvalue weighted by molar-refractivity contribution is 7.98. The molecule has 1 aliphatic rings. The van der Waals surface area contributed by atoms with Gasteiger partial charge < -0.3 is 5.32 Å². The van der Waals surface area contributed by atoms with Gasteiger partial charge in [-0.3, -0.25) is 0 Å². The minimum absolute atomic E-state index is 0.537. The first-order valence-corrected chi connectivity index (χ1v) is 4.90. The minimum Gasteiger partial charge on any atom is -0.311 e. The van der Waals surface area contributed by atoms with Crippen LogP contribution in [-0.4, -0.2) is 24.1 Å². The van der Waals surface area contributed by atoms with E-state index in [1.165, 1.54) is 25.1 Å². The third-order valence-electron chi connectivity index (χ3n) is 1.86. The van der Waals surface area contributed by atoms with E-state index in [0.29, 0.717) is 5.54 Å². The fourth-order valence-electron chi connectivity index (χ4n) is 0.819. The molecule has 1 saturated carbocycles. The lowest BCUT2D eigenvalue weighted by Gasteiger charge is -2.08. The molecule has 1 nitrogen and oxygen atoms in total. The standard InChI is InChI=1S/C7H15NS/c1-7(3-4-7)8-5-6-9-2/h8H,3-6H2,1-2H3. The van der Waals surface area contributed by atoms with E-state index in [0.717, 1.165) is 0 Å². The molecule has 1 fully saturated rings. The summed E-state index contributed by atoms with van der Waals surface area (Å²) in [5.41, 5.74) is 0.537. The first-order chi connectivity index (χ1) is 4.27. The van der Waals surface area contributed by atoms with Crippen molar-refractivity contribution in [2.24, 2.45) is 0 Å². The molecule has 0 bridgehead atoms. The number of thioether (sulfide) groups is 1. The van der Waals surface area contributed by atoms with E-state index in [1.54, 1.807) is 0 Å². The average molecular weight is 145 g/mol. The van der Waals surface area contributed by atoms with E-state index >= 15 is 0 Å². The molecule has 0 amide bonds. The van der Waals surface area contributed by atoms with Gasteiger partial charge in [0.2, 0.25) is 0 Å². The molecule has 0 saturated heterocycles. The van der Waals surface area contributed by atoms with Gasteiger partial charge in [0.15, 0.2) is 0 Å². The third kappa shape index (κ3) is 2.59. The van der Waals surface area contributed by atoms with Crippen molar-refractivity contribution < 1.29 is 0 Å². The second kappa shape index (κ2) is 2.93. The lowest BCUT2D eigenvalue weighted by Crippen LogP contribution is -2.29. The molecule has 1 aliphatic carbocycles. The number of rotatable bonds is 4. The molecular weight excluding hydrogens is 130 g/mol. The van der Waals surface area contributed by atoms with Crippen molar-refractivity contribution in [2.45, 2.75) is 25.3 Å². The summed E-state index contributed by atoms with van der Waals surface area (Å²) in [7, 11) is 0. The van der Waals surface area contributed by atoms with Crippen molar-refractivity contribution in [3.8, 4) is 0 Å². The summed E-state index contributed by atoms with van der Waals surface area (Å²) in [6, 6.07) is 0. The Balaban J connectivity index is 1.92. The van der Waals surface area contributed by atoms with Crippen LogP contribution in [0.25, 0.3) is 0 Å². The lowest BCUT2D eigenvalue weighted by molar-refractivity contribution is 0.562. The Hall–Kier alpha value is 0.310. The van der Waals surface area contributed by atoms with E-state index in [2.05, 4.69) is 18.5 Å². The number of hydrogen-bond donors (Lipinski definition) is 1. The highest BCUT2D eigenvalue weighted by Gasteiger charge is 2.35. The summed E-state index contributed by atoms with van der Waals surface area (Å²) in [6.45, 7) is 3.48. The molecule has 54 valence electrons. The molecule has 0 atom stereocenters. The van der Waals surface area contributed by atoms with Crippen molar-refractivity contribution in [3.05, 3.63) is 0 Å². The first kappa shape index (κ1) is 7.42. The Kier molecular flexibility index (Phi) is 2.42. The van der Waals surface area contributed by atoms with Gasteiger partial charge in [0, 0.05) is 17.8 Å². The highest BCUT2D eigenvalue weighted by Crippen LogP contribution is 2.33. The Morgan fingerprint density at radius 1 is 1.56 bits per heavy atom. The Morgan fingerprint density at radius 2 is 2.22 bits per heavy atom. The van der Waals surface area contributed by atoms with Crippen LogP contribution in [0.1, 0.15) is 19.8 Å². The quantitative estimate of drug-likeness (QED) is 0.602. The summed E-state index contributed by atoms with van der Waals surface area (Å²) in [6.07, 6.45) is 4.90. The van der Waals surface area contributed by atoms with Gasteiger partial charge in [-0.1, -0.05) is 0 Å². The molecule has 0 radical (unpaired) electrons. The average Bonchev–Trinajstić information content (AvgIpc) is 2.50. The summed E-state index contributed by atoms with van der Waals surface area (Å²) in [5, 5.41) is 3.51. The SMILES string of the molecule is CSCCNC1(C)CC1. The normalized spacial score (nSPS) is 22.0. The summed E-state index contributed by atoms with van der Waals surface area (Å²) >= 11 is 1.91. The summed E-state index contributed by atoms with van der Waals surface area (Å²) < 4.78 is 0. The molecule has 9 heavy (non-hydrogen) atoms. The predicted octanol–water partition coefficient (Wildman–Crippen LogP) is 1.49. The van der Waals surface area contributed by atoms with E-state index in [4.69, 9.17) is 0 Å². The van der Waals surface area contributed by atoms with E-state index in [1.807, 2.05) is 11.8 Å². The van der Waals surface area contributed by atoms with Crippen LogP contribution in [0.3, 0.4) is 0 Å². The zero-order valence-electron chi connectivity index (χ0n) is 6.24. The molecule has 0 aromatic heterocycles. The van der Waals surface area contributed by atoms with Crippen molar-refractivity contribution in [3.63, 3.8) is 0 Å². The van der Waals surface area contributed by atoms with E-state index < -0.39 is 0 Å². The molecule has 1 N–H and O–H groups in total.